The number of hydrogen-bond acceptors (Lipinski definition) is 3. The summed E-state index contributed by atoms with van der Waals surface area (Å²) in [6.45, 7) is 1.07. The van der Waals surface area contributed by atoms with Crippen LogP contribution in [-0.2, 0) is 14.3 Å². The molecule has 0 aromatic carbocycles. The van der Waals surface area contributed by atoms with Gasteiger partial charge in [-0.25, -0.2) is 4.79 Å². The third-order valence-corrected chi connectivity index (χ3v) is 2.28. The van der Waals surface area contributed by atoms with Crippen molar-refractivity contribution in [1.29, 1.82) is 0 Å². The fraction of sp³-hybridized carbons (Fsp3) is 0.778. The molecule has 1 heterocycles. The normalized spacial score (nSPS) is 21.6. The molecule has 1 unspecified atom stereocenters. The van der Waals surface area contributed by atoms with Crippen molar-refractivity contribution in [2.75, 3.05) is 20.2 Å². The molecule has 1 atom stereocenters. The minimum Gasteiger partial charge on any atom is -0.474 e. The molecule has 1 rings (SSSR count). The molecule has 1 fully saturated rings. The van der Waals surface area contributed by atoms with E-state index in [0.717, 1.165) is 19.3 Å². The Bertz CT molecular complexity index is 223. The maximum atomic E-state index is 11.0. The second-order valence-corrected chi connectivity index (χ2v) is 3.48. The lowest BCUT2D eigenvalue weighted by atomic mass is 10.1. The van der Waals surface area contributed by atoms with Gasteiger partial charge in [0.2, 0.25) is 0 Å². The average Bonchev–Trinajstić information content (AvgIpc) is 2.18. The summed E-state index contributed by atoms with van der Waals surface area (Å²) in [6.07, 6.45) is 3.03. The van der Waals surface area contributed by atoms with E-state index in [0.29, 0.717) is 13.2 Å². The summed E-state index contributed by atoms with van der Waals surface area (Å²) in [5.74, 6) is -2.29. The smallest absolute Gasteiger partial charge is 0.394 e. The number of carboxylic acids is 1. The second kappa shape index (κ2) is 4.95. The fourth-order valence-electron chi connectivity index (χ4n) is 1.50. The van der Waals surface area contributed by atoms with Crippen LogP contribution in [0.2, 0.25) is 0 Å². The lowest BCUT2D eigenvalue weighted by Crippen LogP contribution is -2.40. The number of carbonyl (C=O) groups excluding carboxylic acids is 1. The minimum atomic E-state index is -1.41. The predicted octanol–water partition coefficient (Wildman–Crippen LogP) is 0.0985. The number of aliphatic carboxylic acids is 1. The SMILES string of the molecule is CN(CC1CCCCO1)C(=O)C(=O)O. The van der Waals surface area contributed by atoms with Gasteiger partial charge in [0.1, 0.15) is 0 Å². The molecular formula is C9H15NO4. The van der Waals surface area contributed by atoms with Crippen LogP contribution >= 0.6 is 0 Å². The zero-order chi connectivity index (χ0) is 10.6. The van der Waals surface area contributed by atoms with Crippen molar-refractivity contribution in [3.8, 4) is 0 Å². The minimum absolute atomic E-state index is 0.00273. The first kappa shape index (κ1) is 11.0. The summed E-state index contributed by atoms with van der Waals surface area (Å²) in [5, 5.41) is 8.45. The number of ether oxygens (including phenoxy) is 1. The van der Waals surface area contributed by atoms with Gasteiger partial charge in [-0.2, -0.15) is 0 Å². The topological polar surface area (TPSA) is 66.8 Å². The lowest BCUT2D eigenvalue weighted by molar-refractivity contribution is -0.156. The molecule has 80 valence electrons. The van der Waals surface area contributed by atoms with Crippen molar-refractivity contribution in [1.82, 2.24) is 4.90 Å². The Morgan fingerprint density at radius 1 is 1.50 bits per heavy atom. The van der Waals surface area contributed by atoms with E-state index in [1.165, 1.54) is 11.9 Å². The molecule has 0 bridgehead atoms. The van der Waals surface area contributed by atoms with Gasteiger partial charge in [-0.3, -0.25) is 4.79 Å². The first-order valence-corrected chi connectivity index (χ1v) is 4.71. The first-order valence-electron chi connectivity index (χ1n) is 4.71. The molecule has 0 aromatic rings. The molecular weight excluding hydrogens is 186 g/mol. The number of carbonyl (C=O) groups is 2. The molecule has 5 heteroatoms. The molecule has 1 aliphatic rings. The van der Waals surface area contributed by atoms with Crippen LogP contribution in [0, 0.1) is 0 Å². The summed E-state index contributed by atoms with van der Waals surface area (Å²) in [4.78, 5) is 22.5. The number of likely N-dealkylation sites (N-methyl/N-ethyl adjacent to an activating group) is 1. The zero-order valence-corrected chi connectivity index (χ0v) is 8.23. The molecule has 0 radical (unpaired) electrons. The quantitative estimate of drug-likeness (QED) is 0.643. The molecule has 1 saturated heterocycles. The molecule has 0 aliphatic carbocycles. The summed E-state index contributed by atoms with van der Waals surface area (Å²) >= 11 is 0. The van der Waals surface area contributed by atoms with Gasteiger partial charge >= 0.3 is 11.9 Å². The highest BCUT2D eigenvalue weighted by molar-refractivity contribution is 6.31. The fourth-order valence-corrected chi connectivity index (χ4v) is 1.50. The number of amides is 1. The van der Waals surface area contributed by atoms with Crippen LogP contribution in [0.4, 0.5) is 0 Å². The predicted molar refractivity (Wildman–Crippen MR) is 48.9 cm³/mol. The summed E-state index contributed by atoms with van der Waals surface area (Å²) in [5.41, 5.74) is 0. The van der Waals surface area contributed by atoms with Gasteiger partial charge in [0.15, 0.2) is 0 Å². The monoisotopic (exact) mass is 201 g/mol. The van der Waals surface area contributed by atoms with Gasteiger partial charge < -0.3 is 14.7 Å². The van der Waals surface area contributed by atoms with Crippen molar-refractivity contribution >= 4 is 11.9 Å². The Hall–Kier alpha value is -1.10. The van der Waals surface area contributed by atoms with Gasteiger partial charge in [-0.05, 0) is 19.3 Å². The van der Waals surface area contributed by atoms with Gasteiger partial charge in [0.05, 0.1) is 6.10 Å². The van der Waals surface area contributed by atoms with Crippen LogP contribution in [0.3, 0.4) is 0 Å². The Morgan fingerprint density at radius 2 is 2.21 bits per heavy atom. The van der Waals surface area contributed by atoms with Crippen molar-refractivity contribution in [3.63, 3.8) is 0 Å². The van der Waals surface area contributed by atoms with Gasteiger partial charge in [0, 0.05) is 20.2 Å². The van der Waals surface area contributed by atoms with Crippen LogP contribution in [0.1, 0.15) is 19.3 Å². The van der Waals surface area contributed by atoms with Crippen LogP contribution in [0.25, 0.3) is 0 Å². The summed E-state index contributed by atoms with van der Waals surface area (Å²) < 4.78 is 5.39. The van der Waals surface area contributed by atoms with Gasteiger partial charge in [0.25, 0.3) is 0 Å². The van der Waals surface area contributed by atoms with E-state index in [1.807, 2.05) is 0 Å². The third kappa shape index (κ3) is 2.99. The lowest BCUT2D eigenvalue weighted by Gasteiger charge is -2.26. The molecule has 1 N–H and O–H groups in total. The van der Waals surface area contributed by atoms with E-state index in [2.05, 4.69) is 0 Å². The Morgan fingerprint density at radius 3 is 2.71 bits per heavy atom. The number of rotatable bonds is 2. The standard InChI is InChI=1S/C9H15NO4/c1-10(8(11)9(12)13)6-7-4-2-3-5-14-7/h7H,2-6H2,1H3,(H,12,13). The Labute approximate surface area is 82.6 Å². The molecule has 0 spiro atoms. The van der Waals surface area contributed by atoms with E-state index in [-0.39, 0.29) is 6.10 Å². The van der Waals surface area contributed by atoms with Crippen LogP contribution < -0.4 is 0 Å². The van der Waals surface area contributed by atoms with Crippen molar-refractivity contribution in [2.45, 2.75) is 25.4 Å². The first-order chi connectivity index (χ1) is 6.61. The van der Waals surface area contributed by atoms with Gasteiger partial charge in [-0.15, -0.1) is 0 Å². The Kier molecular flexibility index (Phi) is 3.88. The molecule has 0 aromatic heterocycles. The molecule has 5 nitrogen and oxygen atoms in total. The van der Waals surface area contributed by atoms with E-state index >= 15 is 0 Å². The van der Waals surface area contributed by atoms with Crippen LogP contribution in [0.5, 0.6) is 0 Å². The number of hydrogen-bond donors (Lipinski definition) is 1. The zero-order valence-electron chi connectivity index (χ0n) is 8.23. The highest BCUT2D eigenvalue weighted by Gasteiger charge is 2.22. The van der Waals surface area contributed by atoms with Crippen LogP contribution in [-0.4, -0.2) is 48.2 Å². The van der Waals surface area contributed by atoms with E-state index in [1.54, 1.807) is 0 Å². The second-order valence-electron chi connectivity index (χ2n) is 3.48. The van der Waals surface area contributed by atoms with Crippen molar-refractivity contribution in [2.24, 2.45) is 0 Å². The highest BCUT2D eigenvalue weighted by Crippen LogP contribution is 2.13. The third-order valence-electron chi connectivity index (χ3n) is 2.28. The maximum Gasteiger partial charge on any atom is 0.394 e. The number of carboxylic acid groups (broad SMARTS) is 1. The van der Waals surface area contributed by atoms with E-state index < -0.39 is 11.9 Å². The maximum absolute atomic E-state index is 11.0. The molecule has 1 aliphatic heterocycles. The van der Waals surface area contributed by atoms with Crippen molar-refractivity contribution in [3.05, 3.63) is 0 Å². The average molecular weight is 201 g/mol. The summed E-state index contributed by atoms with van der Waals surface area (Å²) in [6, 6.07) is 0. The highest BCUT2D eigenvalue weighted by atomic mass is 16.5. The largest absolute Gasteiger partial charge is 0.474 e. The molecule has 1 amide bonds. The molecule has 0 saturated carbocycles. The van der Waals surface area contributed by atoms with E-state index in [4.69, 9.17) is 9.84 Å². The van der Waals surface area contributed by atoms with Gasteiger partial charge in [-0.1, -0.05) is 0 Å². The summed E-state index contributed by atoms with van der Waals surface area (Å²) in [7, 11) is 1.48. The number of nitrogens with zero attached hydrogens (tertiary/aromatic N) is 1. The van der Waals surface area contributed by atoms with Crippen LogP contribution in [0.15, 0.2) is 0 Å². The van der Waals surface area contributed by atoms with E-state index in [9.17, 15) is 9.59 Å². The molecule has 14 heavy (non-hydrogen) atoms. The van der Waals surface area contributed by atoms with Crippen molar-refractivity contribution < 1.29 is 19.4 Å². The Balaban J connectivity index is 2.35.